The molecule has 7 nitrogen and oxygen atoms in total. The molecule has 0 aromatic carbocycles. The first kappa shape index (κ1) is 16.9. The van der Waals surface area contributed by atoms with Crippen LogP contribution in [0.1, 0.15) is 27.7 Å². The highest BCUT2D eigenvalue weighted by molar-refractivity contribution is 5.95. The fourth-order valence-electron chi connectivity index (χ4n) is 1.93. The maximum absolute atomic E-state index is 11.8. The van der Waals surface area contributed by atoms with Gasteiger partial charge in [0.05, 0.1) is 25.9 Å². The van der Waals surface area contributed by atoms with Crippen LogP contribution in [-0.2, 0) is 9.53 Å². The van der Waals surface area contributed by atoms with Gasteiger partial charge in [-0.25, -0.2) is 4.79 Å². The van der Waals surface area contributed by atoms with E-state index in [0.717, 1.165) is 0 Å². The average molecular weight is 287 g/mol. The van der Waals surface area contributed by atoms with Crippen LogP contribution in [0.25, 0.3) is 0 Å². The van der Waals surface area contributed by atoms with Gasteiger partial charge < -0.3 is 15.2 Å². The third kappa shape index (κ3) is 5.85. The molecule has 1 heterocycles. The predicted molar refractivity (Wildman–Crippen MR) is 74.3 cm³/mol. The number of ether oxygens (including phenoxy) is 1. The van der Waals surface area contributed by atoms with Gasteiger partial charge in [0.15, 0.2) is 0 Å². The van der Waals surface area contributed by atoms with Crippen LogP contribution in [0.4, 0.5) is 4.79 Å². The molecular weight excluding hydrogens is 262 g/mol. The van der Waals surface area contributed by atoms with Crippen molar-refractivity contribution in [1.29, 1.82) is 0 Å². The third-order valence-corrected chi connectivity index (χ3v) is 2.93. The summed E-state index contributed by atoms with van der Waals surface area (Å²) in [5.74, 6) is -0.364. The quantitative estimate of drug-likeness (QED) is 0.662. The highest BCUT2D eigenvalue weighted by atomic mass is 16.5. The zero-order valence-corrected chi connectivity index (χ0v) is 12.6. The number of rotatable bonds is 3. The van der Waals surface area contributed by atoms with Crippen molar-refractivity contribution < 1.29 is 19.4 Å². The molecule has 1 saturated heterocycles. The van der Waals surface area contributed by atoms with Crippen molar-refractivity contribution in [3.63, 3.8) is 0 Å². The van der Waals surface area contributed by atoms with Crippen LogP contribution in [0.5, 0.6) is 0 Å². The Kier molecular flexibility index (Phi) is 5.91. The van der Waals surface area contributed by atoms with Gasteiger partial charge in [-0.1, -0.05) is 0 Å². The lowest BCUT2D eigenvalue weighted by Gasteiger charge is -2.36. The number of aliphatic hydroxyl groups is 1. The van der Waals surface area contributed by atoms with Crippen LogP contribution in [-0.4, -0.2) is 65.9 Å². The Balaban J connectivity index is 2.43. The van der Waals surface area contributed by atoms with Crippen LogP contribution in [0, 0.1) is 0 Å². The van der Waals surface area contributed by atoms with Crippen LogP contribution >= 0.6 is 0 Å². The molecule has 0 radical (unpaired) electrons. The fourth-order valence-corrected chi connectivity index (χ4v) is 1.93. The van der Waals surface area contributed by atoms with E-state index in [1.807, 2.05) is 32.6 Å². The number of imide groups is 1. The lowest BCUT2D eigenvalue weighted by atomic mass is 10.1. The van der Waals surface area contributed by atoms with Gasteiger partial charge in [0.25, 0.3) is 0 Å². The smallest absolute Gasteiger partial charge is 0.321 e. The molecule has 0 saturated carbocycles. The van der Waals surface area contributed by atoms with Crippen molar-refractivity contribution in [1.82, 2.24) is 15.5 Å². The summed E-state index contributed by atoms with van der Waals surface area (Å²) in [6.45, 7) is 8.44. The monoisotopic (exact) mass is 287 g/mol. The maximum atomic E-state index is 11.8. The molecule has 3 amide bonds. The first-order chi connectivity index (χ1) is 9.21. The Hall–Kier alpha value is -1.18. The maximum Gasteiger partial charge on any atom is 0.321 e. The fraction of sp³-hybridized carbons (Fsp3) is 0.846. The number of morpholine rings is 1. The number of nitrogens with zero attached hydrogens (tertiary/aromatic N) is 1. The molecule has 20 heavy (non-hydrogen) atoms. The van der Waals surface area contributed by atoms with Crippen LogP contribution in [0.3, 0.4) is 0 Å². The molecule has 7 heteroatoms. The Labute approximate surface area is 119 Å². The van der Waals surface area contributed by atoms with E-state index in [0.29, 0.717) is 13.2 Å². The van der Waals surface area contributed by atoms with E-state index in [1.165, 1.54) is 0 Å². The summed E-state index contributed by atoms with van der Waals surface area (Å²) in [6, 6.07) is -0.420. The van der Waals surface area contributed by atoms with E-state index in [1.54, 1.807) is 0 Å². The van der Waals surface area contributed by atoms with Crippen molar-refractivity contribution >= 4 is 11.9 Å². The minimum Gasteiger partial charge on any atom is -0.394 e. The van der Waals surface area contributed by atoms with E-state index in [4.69, 9.17) is 9.84 Å². The number of urea groups is 1. The molecule has 0 bridgehead atoms. The van der Waals surface area contributed by atoms with Crippen LogP contribution < -0.4 is 10.6 Å². The van der Waals surface area contributed by atoms with E-state index >= 15 is 0 Å². The standard InChI is InChI=1S/C13H25N3O4/c1-9-8-20-10(7-17)5-16(9)6-11(18)14-12(19)15-13(2,3)4/h9-10,17H,5-8H2,1-4H3,(H2,14,15,18,19). The Morgan fingerprint density at radius 2 is 2.05 bits per heavy atom. The zero-order chi connectivity index (χ0) is 15.3. The summed E-state index contributed by atoms with van der Waals surface area (Å²) in [6.07, 6.45) is -0.276. The zero-order valence-electron chi connectivity index (χ0n) is 12.6. The molecular formula is C13H25N3O4. The first-order valence-electron chi connectivity index (χ1n) is 6.80. The number of amides is 3. The van der Waals surface area contributed by atoms with Gasteiger partial charge >= 0.3 is 6.03 Å². The van der Waals surface area contributed by atoms with E-state index in [9.17, 15) is 9.59 Å². The molecule has 1 aliphatic heterocycles. The highest BCUT2D eigenvalue weighted by Gasteiger charge is 2.27. The molecule has 3 N–H and O–H groups in total. The number of aliphatic hydroxyl groups excluding tert-OH is 1. The van der Waals surface area contributed by atoms with E-state index < -0.39 is 11.6 Å². The number of hydrogen-bond donors (Lipinski definition) is 3. The Morgan fingerprint density at radius 3 is 2.60 bits per heavy atom. The number of nitrogens with one attached hydrogen (secondary N) is 2. The summed E-state index contributed by atoms with van der Waals surface area (Å²) < 4.78 is 5.40. The van der Waals surface area contributed by atoms with Crippen molar-refractivity contribution in [3.05, 3.63) is 0 Å². The molecule has 2 unspecified atom stereocenters. The Morgan fingerprint density at radius 1 is 1.40 bits per heavy atom. The molecule has 1 aliphatic rings. The second kappa shape index (κ2) is 7.01. The van der Waals surface area contributed by atoms with Gasteiger partial charge in [0, 0.05) is 18.1 Å². The molecule has 0 aromatic heterocycles. The Bertz CT molecular complexity index is 354. The topological polar surface area (TPSA) is 90.9 Å². The van der Waals surface area contributed by atoms with Gasteiger partial charge in [-0.15, -0.1) is 0 Å². The summed E-state index contributed by atoms with van der Waals surface area (Å²) in [7, 11) is 0. The van der Waals surface area contributed by atoms with Crippen molar-refractivity contribution in [3.8, 4) is 0 Å². The lowest BCUT2D eigenvalue weighted by Crippen LogP contribution is -2.55. The number of carbonyl (C=O) groups excluding carboxylic acids is 2. The van der Waals surface area contributed by atoms with Gasteiger partial charge in [-0.05, 0) is 27.7 Å². The number of hydrogen-bond acceptors (Lipinski definition) is 5. The second-order valence-electron chi connectivity index (χ2n) is 6.17. The lowest BCUT2D eigenvalue weighted by molar-refractivity contribution is -0.126. The summed E-state index contributed by atoms with van der Waals surface area (Å²) >= 11 is 0. The molecule has 116 valence electrons. The van der Waals surface area contributed by atoms with Crippen molar-refractivity contribution in [2.24, 2.45) is 0 Å². The van der Waals surface area contributed by atoms with Crippen LogP contribution in [0.2, 0.25) is 0 Å². The normalized spacial score (nSPS) is 24.2. The largest absolute Gasteiger partial charge is 0.394 e. The SMILES string of the molecule is CC1COC(CO)CN1CC(=O)NC(=O)NC(C)(C)C. The van der Waals surface area contributed by atoms with E-state index in [2.05, 4.69) is 10.6 Å². The molecule has 0 spiro atoms. The second-order valence-corrected chi connectivity index (χ2v) is 6.17. The predicted octanol–water partition coefficient (Wildman–Crippen LogP) is -0.308. The molecule has 1 rings (SSSR count). The molecule has 2 atom stereocenters. The number of carbonyl (C=O) groups is 2. The molecule has 1 fully saturated rings. The summed E-state index contributed by atoms with van der Waals surface area (Å²) in [5.41, 5.74) is -0.390. The van der Waals surface area contributed by atoms with Crippen molar-refractivity contribution in [2.45, 2.75) is 45.4 Å². The minimum absolute atomic E-state index is 0.0741. The summed E-state index contributed by atoms with van der Waals surface area (Å²) in [5, 5.41) is 14.1. The highest BCUT2D eigenvalue weighted by Crippen LogP contribution is 2.10. The molecule has 0 aliphatic carbocycles. The van der Waals surface area contributed by atoms with Gasteiger partial charge in [0.2, 0.25) is 5.91 Å². The van der Waals surface area contributed by atoms with Crippen LogP contribution in [0.15, 0.2) is 0 Å². The van der Waals surface area contributed by atoms with Gasteiger partial charge in [-0.2, -0.15) is 0 Å². The van der Waals surface area contributed by atoms with Gasteiger partial charge in [0.1, 0.15) is 0 Å². The van der Waals surface area contributed by atoms with Gasteiger partial charge in [-0.3, -0.25) is 15.0 Å². The van der Waals surface area contributed by atoms with Crippen molar-refractivity contribution in [2.75, 3.05) is 26.3 Å². The minimum atomic E-state index is -0.498. The third-order valence-electron chi connectivity index (χ3n) is 2.93. The first-order valence-corrected chi connectivity index (χ1v) is 6.80. The molecule has 0 aromatic rings. The summed E-state index contributed by atoms with van der Waals surface area (Å²) in [4.78, 5) is 25.3. The average Bonchev–Trinajstić information content (AvgIpc) is 2.29. The van der Waals surface area contributed by atoms with E-state index in [-0.39, 0.29) is 31.2 Å².